The second kappa shape index (κ2) is 5.69. The van der Waals surface area contributed by atoms with Crippen LogP contribution in [0.4, 0.5) is 0 Å². The lowest BCUT2D eigenvalue weighted by Gasteiger charge is -2.29. The van der Waals surface area contributed by atoms with Crippen LogP contribution in [-0.4, -0.2) is 11.2 Å². The molecule has 0 radical (unpaired) electrons. The van der Waals surface area contributed by atoms with E-state index in [9.17, 15) is 10.4 Å². The summed E-state index contributed by atoms with van der Waals surface area (Å²) in [4.78, 5) is 0. The van der Waals surface area contributed by atoms with E-state index < -0.39 is 11.5 Å². The van der Waals surface area contributed by atoms with Crippen molar-refractivity contribution in [3.63, 3.8) is 0 Å². The standard InChI is InChI=1S/C17H17NO/c1-14(19)12-17(13-18,15-8-4-2-5-9-15)16-10-6-3-7-11-16/h2-11,14,19H,12H2,1H3/t14-/m1/s1. The fourth-order valence-electron chi connectivity index (χ4n) is 2.47. The van der Waals surface area contributed by atoms with Gasteiger partial charge in [0.15, 0.2) is 0 Å². The van der Waals surface area contributed by atoms with Gasteiger partial charge in [-0.2, -0.15) is 5.26 Å². The molecule has 1 atom stereocenters. The first-order valence-electron chi connectivity index (χ1n) is 6.39. The third kappa shape index (κ3) is 2.67. The second-order valence-electron chi connectivity index (χ2n) is 4.80. The van der Waals surface area contributed by atoms with Crippen LogP contribution in [0, 0.1) is 11.3 Å². The lowest BCUT2D eigenvalue weighted by molar-refractivity contribution is 0.169. The number of nitriles is 1. The van der Waals surface area contributed by atoms with Crippen LogP contribution in [0.15, 0.2) is 60.7 Å². The SMILES string of the molecule is C[C@@H](O)CC(C#N)(c1ccccc1)c1ccccc1. The molecule has 0 saturated heterocycles. The average Bonchev–Trinajstić information content (AvgIpc) is 2.46. The van der Waals surface area contributed by atoms with Gasteiger partial charge in [0.1, 0.15) is 5.41 Å². The first kappa shape index (κ1) is 13.3. The molecule has 0 bridgehead atoms. The Morgan fingerprint density at radius 1 is 1.00 bits per heavy atom. The van der Waals surface area contributed by atoms with Crippen molar-refractivity contribution in [3.05, 3.63) is 71.8 Å². The van der Waals surface area contributed by atoms with Gasteiger partial charge in [0.05, 0.1) is 12.2 Å². The largest absolute Gasteiger partial charge is 0.393 e. The minimum absolute atomic E-state index is 0.386. The van der Waals surface area contributed by atoms with E-state index in [2.05, 4.69) is 6.07 Å². The average molecular weight is 251 g/mol. The van der Waals surface area contributed by atoms with Crippen molar-refractivity contribution >= 4 is 0 Å². The van der Waals surface area contributed by atoms with Gasteiger partial charge in [-0.3, -0.25) is 0 Å². The molecule has 0 spiro atoms. The summed E-state index contributed by atoms with van der Waals surface area (Å²) < 4.78 is 0. The van der Waals surface area contributed by atoms with Crippen molar-refractivity contribution in [2.45, 2.75) is 24.9 Å². The van der Waals surface area contributed by atoms with Crippen LogP contribution in [0.5, 0.6) is 0 Å². The summed E-state index contributed by atoms with van der Waals surface area (Å²) in [5.41, 5.74) is 1.05. The minimum atomic E-state index is -0.795. The Labute approximate surface area is 114 Å². The Morgan fingerprint density at radius 3 is 1.74 bits per heavy atom. The number of hydrogen-bond donors (Lipinski definition) is 1. The smallest absolute Gasteiger partial charge is 0.110 e. The first-order valence-corrected chi connectivity index (χ1v) is 6.39. The van der Waals surface area contributed by atoms with Gasteiger partial charge in [-0.25, -0.2) is 0 Å². The third-order valence-corrected chi connectivity index (χ3v) is 3.33. The van der Waals surface area contributed by atoms with Crippen LogP contribution in [-0.2, 0) is 5.41 Å². The highest BCUT2D eigenvalue weighted by Crippen LogP contribution is 2.36. The normalized spacial score (nSPS) is 12.7. The Hall–Kier alpha value is -2.11. The van der Waals surface area contributed by atoms with E-state index in [-0.39, 0.29) is 0 Å². The predicted octanol–water partition coefficient (Wildman–Crippen LogP) is 3.27. The Morgan fingerprint density at radius 2 is 1.42 bits per heavy atom. The quantitative estimate of drug-likeness (QED) is 0.906. The fourth-order valence-corrected chi connectivity index (χ4v) is 2.47. The highest BCUT2D eigenvalue weighted by Gasteiger charge is 2.35. The number of rotatable bonds is 4. The maximum absolute atomic E-state index is 9.79. The summed E-state index contributed by atoms with van der Waals surface area (Å²) in [6.45, 7) is 1.72. The number of benzene rings is 2. The van der Waals surface area contributed by atoms with Crippen LogP contribution in [0.2, 0.25) is 0 Å². The highest BCUT2D eigenvalue weighted by atomic mass is 16.3. The van der Waals surface area contributed by atoms with Gasteiger partial charge < -0.3 is 5.11 Å². The molecule has 19 heavy (non-hydrogen) atoms. The molecule has 0 aliphatic rings. The summed E-state index contributed by atoms with van der Waals surface area (Å²) in [5.74, 6) is 0. The maximum Gasteiger partial charge on any atom is 0.110 e. The van der Waals surface area contributed by atoms with Crippen LogP contribution in [0.25, 0.3) is 0 Å². The van der Waals surface area contributed by atoms with Crippen LogP contribution >= 0.6 is 0 Å². The molecular weight excluding hydrogens is 234 g/mol. The summed E-state index contributed by atoms with van der Waals surface area (Å²) in [7, 11) is 0. The summed E-state index contributed by atoms with van der Waals surface area (Å²) in [6.07, 6.45) is -0.155. The van der Waals surface area contributed by atoms with E-state index in [0.29, 0.717) is 6.42 Å². The molecule has 1 N–H and O–H groups in total. The van der Waals surface area contributed by atoms with Crippen molar-refractivity contribution in [1.29, 1.82) is 5.26 Å². The lowest BCUT2D eigenvalue weighted by atomic mass is 9.72. The van der Waals surface area contributed by atoms with Crippen molar-refractivity contribution in [2.24, 2.45) is 0 Å². The zero-order chi connectivity index (χ0) is 13.7. The van der Waals surface area contributed by atoms with Gasteiger partial charge in [0.25, 0.3) is 0 Å². The molecule has 0 aromatic heterocycles. The Bertz CT molecular complexity index is 515. The van der Waals surface area contributed by atoms with E-state index in [4.69, 9.17) is 0 Å². The molecule has 2 aromatic rings. The van der Waals surface area contributed by atoms with Crippen molar-refractivity contribution < 1.29 is 5.11 Å². The number of aliphatic hydroxyl groups is 1. The van der Waals surface area contributed by atoms with E-state index in [1.807, 2.05) is 60.7 Å². The monoisotopic (exact) mass is 251 g/mol. The van der Waals surface area contributed by atoms with Gasteiger partial charge in [0.2, 0.25) is 0 Å². The predicted molar refractivity (Wildman–Crippen MR) is 75.6 cm³/mol. The van der Waals surface area contributed by atoms with E-state index >= 15 is 0 Å². The van der Waals surface area contributed by atoms with Gasteiger partial charge >= 0.3 is 0 Å². The third-order valence-electron chi connectivity index (χ3n) is 3.33. The molecule has 0 aliphatic heterocycles. The van der Waals surface area contributed by atoms with Gasteiger partial charge in [-0.15, -0.1) is 0 Å². The molecular formula is C17H17NO. The fraction of sp³-hybridized carbons (Fsp3) is 0.235. The number of nitrogens with zero attached hydrogens (tertiary/aromatic N) is 1. The van der Waals surface area contributed by atoms with Crippen molar-refractivity contribution in [3.8, 4) is 6.07 Å². The van der Waals surface area contributed by atoms with Crippen LogP contribution in [0.1, 0.15) is 24.5 Å². The van der Waals surface area contributed by atoms with Crippen LogP contribution in [0.3, 0.4) is 0 Å². The van der Waals surface area contributed by atoms with Gasteiger partial charge in [-0.05, 0) is 24.5 Å². The second-order valence-corrected chi connectivity index (χ2v) is 4.80. The van der Waals surface area contributed by atoms with Crippen LogP contribution < -0.4 is 0 Å². The first-order chi connectivity index (χ1) is 9.19. The van der Waals surface area contributed by atoms with Crippen molar-refractivity contribution in [1.82, 2.24) is 0 Å². The number of aliphatic hydroxyl groups excluding tert-OH is 1. The lowest BCUT2D eigenvalue weighted by Crippen LogP contribution is -2.30. The molecule has 0 unspecified atom stereocenters. The Kier molecular flexibility index (Phi) is 3.99. The van der Waals surface area contributed by atoms with E-state index in [0.717, 1.165) is 11.1 Å². The highest BCUT2D eigenvalue weighted by molar-refractivity contribution is 5.45. The minimum Gasteiger partial charge on any atom is -0.393 e. The molecule has 0 amide bonds. The molecule has 2 heteroatoms. The zero-order valence-corrected chi connectivity index (χ0v) is 11.0. The summed E-state index contributed by atoms with van der Waals surface area (Å²) >= 11 is 0. The molecule has 0 fully saturated rings. The molecule has 2 nitrogen and oxygen atoms in total. The topological polar surface area (TPSA) is 44.0 Å². The zero-order valence-electron chi connectivity index (χ0n) is 11.0. The molecule has 2 rings (SSSR count). The van der Waals surface area contributed by atoms with E-state index in [1.165, 1.54) is 0 Å². The van der Waals surface area contributed by atoms with Gasteiger partial charge in [0, 0.05) is 0 Å². The number of hydrogen-bond acceptors (Lipinski definition) is 2. The Balaban J connectivity index is 2.59. The van der Waals surface area contributed by atoms with E-state index in [1.54, 1.807) is 6.92 Å². The molecule has 2 aromatic carbocycles. The summed E-state index contributed by atoms with van der Waals surface area (Å²) in [5, 5.41) is 19.6. The molecule has 0 heterocycles. The van der Waals surface area contributed by atoms with Crippen molar-refractivity contribution in [2.75, 3.05) is 0 Å². The molecule has 0 saturated carbocycles. The summed E-state index contributed by atoms with van der Waals surface area (Å²) in [6, 6.07) is 21.7. The molecule has 96 valence electrons. The van der Waals surface area contributed by atoms with Gasteiger partial charge in [-0.1, -0.05) is 60.7 Å². The maximum atomic E-state index is 9.79. The molecule has 0 aliphatic carbocycles.